The molecule has 0 saturated carbocycles. The lowest BCUT2D eigenvalue weighted by atomic mass is 9.94. The Hall–Kier alpha value is -0.310. The molecule has 1 atom stereocenters. The van der Waals surface area contributed by atoms with Crippen LogP contribution in [-0.2, 0) is 0 Å². The fourth-order valence-corrected chi connectivity index (χ4v) is 3.75. The van der Waals surface area contributed by atoms with Gasteiger partial charge >= 0.3 is 0 Å². The Morgan fingerprint density at radius 1 is 1.25 bits per heavy atom. The highest BCUT2D eigenvalue weighted by molar-refractivity contribution is 9.11. The van der Waals surface area contributed by atoms with Crippen molar-refractivity contribution in [1.82, 2.24) is 0 Å². The van der Waals surface area contributed by atoms with Crippen LogP contribution in [0.15, 0.2) is 34.1 Å². The lowest BCUT2D eigenvalue weighted by Gasteiger charge is -2.11. The molecule has 84 valence electrons. The molecule has 0 spiro atoms. The van der Waals surface area contributed by atoms with Gasteiger partial charge in [0.15, 0.2) is 0 Å². The van der Waals surface area contributed by atoms with Gasteiger partial charge in [-0.25, -0.2) is 0 Å². The Kier molecular flexibility index (Phi) is 3.73. The van der Waals surface area contributed by atoms with E-state index >= 15 is 0 Å². The molecule has 2 aromatic rings. The summed E-state index contributed by atoms with van der Waals surface area (Å²) < 4.78 is 1.20. The highest BCUT2D eigenvalue weighted by atomic mass is 79.9. The first-order valence-electron chi connectivity index (χ1n) is 5.09. The van der Waals surface area contributed by atoms with Crippen LogP contribution in [-0.4, -0.2) is 0 Å². The molecule has 2 rings (SSSR count). The van der Waals surface area contributed by atoms with Crippen LogP contribution in [0.1, 0.15) is 28.8 Å². The van der Waals surface area contributed by atoms with Gasteiger partial charge in [-0.2, -0.15) is 0 Å². The second-order valence-corrected chi connectivity index (χ2v) is 6.91. The number of hydrogen-bond acceptors (Lipinski definition) is 1. The van der Waals surface area contributed by atoms with Gasteiger partial charge in [0.1, 0.15) is 0 Å². The highest BCUT2D eigenvalue weighted by Crippen LogP contribution is 2.34. The van der Waals surface area contributed by atoms with Crippen molar-refractivity contribution in [2.45, 2.75) is 19.8 Å². The second kappa shape index (κ2) is 4.91. The van der Waals surface area contributed by atoms with Gasteiger partial charge in [0.2, 0.25) is 0 Å². The minimum Gasteiger partial charge on any atom is -0.133 e. The maximum atomic E-state index is 5.89. The quantitative estimate of drug-likeness (QED) is 0.674. The zero-order valence-corrected chi connectivity index (χ0v) is 12.3. The van der Waals surface area contributed by atoms with Gasteiger partial charge in [0, 0.05) is 15.8 Å². The van der Waals surface area contributed by atoms with Gasteiger partial charge < -0.3 is 0 Å². The summed E-state index contributed by atoms with van der Waals surface area (Å²) in [6, 6.07) is 10.3. The molecule has 0 saturated heterocycles. The minimum absolute atomic E-state index is 0.416. The van der Waals surface area contributed by atoms with E-state index in [1.165, 1.54) is 19.8 Å². The van der Waals surface area contributed by atoms with Crippen molar-refractivity contribution < 1.29 is 0 Å². The largest absolute Gasteiger partial charge is 0.133 e. The molecule has 0 aliphatic heterocycles. The van der Waals surface area contributed by atoms with Crippen LogP contribution in [0.3, 0.4) is 0 Å². The molecule has 1 heterocycles. The van der Waals surface area contributed by atoms with Crippen molar-refractivity contribution in [1.29, 1.82) is 0 Å². The lowest BCUT2D eigenvalue weighted by molar-refractivity contribution is 0.919. The first kappa shape index (κ1) is 12.2. The molecule has 0 nitrogen and oxygen atoms in total. The Bertz CT molecular complexity index is 487. The summed E-state index contributed by atoms with van der Waals surface area (Å²) in [6.07, 6.45) is 0. The fraction of sp³-hybridized carbons (Fsp3) is 0.231. The molecule has 0 fully saturated rings. The molecule has 0 bridgehead atoms. The van der Waals surface area contributed by atoms with Gasteiger partial charge in [0.05, 0.1) is 3.79 Å². The van der Waals surface area contributed by atoms with E-state index in [9.17, 15) is 0 Å². The standard InChI is InChI=1S/C13H12BrClS/c1-8(10-3-5-11(15)6-4-10)12-7-13(14)16-9(12)2/h3-8H,1-2H3. The first-order chi connectivity index (χ1) is 7.58. The SMILES string of the molecule is Cc1sc(Br)cc1C(C)c1ccc(Cl)cc1. The van der Waals surface area contributed by atoms with Crippen molar-refractivity contribution >= 4 is 38.9 Å². The summed E-state index contributed by atoms with van der Waals surface area (Å²) in [4.78, 5) is 1.37. The Labute approximate surface area is 113 Å². The molecule has 3 heteroatoms. The van der Waals surface area contributed by atoms with Crippen molar-refractivity contribution in [2.24, 2.45) is 0 Å². The predicted molar refractivity (Wildman–Crippen MR) is 75.7 cm³/mol. The van der Waals surface area contributed by atoms with Gasteiger partial charge in [-0.3, -0.25) is 0 Å². The molecule has 0 amide bonds. The molecule has 1 aromatic carbocycles. The Balaban J connectivity index is 2.35. The van der Waals surface area contributed by atoms with E-state index in [4.69, 9.17) is 11.6 Å². The number of thiophene rings is 1. The van der Waals surface area contributed by atoms with Crippen molar-refractivity contribution in [2.75, 3.05) is 0 Å². The van der Waals surface area contributed by atoms with Gasteiger partial charge in [0.25, 0.3) is 0 Å². The van der Waals surface area contributed by atoms with E-state index in [1.807, 2.05) is 12.1 Å². The molecule has 0 aliphatic carbocycles. The second-order valence-electron chi connectivity index (χ2n) is 3.84. The van der Waals surface area contributed by atoms with Crippen LogP contribution in [0.25, 0.3) is 0 Å². The summed E-state index contributed by atoms with van der Waals surface area (Å²) in [5, 5.41) is 0.791. The van der Waals surface area contributed by atoms with Crippen LogP contribution >= 0.6 is 38.9 Å². The van der Waals surface area contributed by atoms with Gasteiger partial charge in [-0.1, -0.05) is 30.7 Å². The first-order valence-corrected chi connectivity index (χ1v) is 7.08. The van der Waals surface area contributed by atoms with E-state index in [0.29, 0.717) is 5.92 Å². The van der Waals surface area contributed by atoms with Gasteiger partial charge in [-0.15, -0.1) is 11.3 Å². The normalized spacial score (nSPS) is 12.8. The third kappa shape index (κ3) is 2.50. The van der Waals surface area contributed by atoms with Crippen LogP contribution in [0.2, 0.25) is 5.02 Å². The zero-order valence-electron chi connectivity index (χ0n) is 9.13. The summed E-state index contributed by atoms with van der Waals surface area (Å²) in [5.74, 6) is 0.416. The van der Waals surface area contributed by atoms with Crippen molar-refractivity contribution in [3.63, 3.8) is 0 Å². The van der Waals surface area contributed by atoms with E-state index < -0.39 is 0 Å². The molecule has 0 N–H and O–H groups in total. The van der Waals surface area contributed by atoms with Crippen LogP contribution < -0.4 is 0 Å². The van der Waals surface area contributed by atoms with E-state index in [0.717, 1.165) is 5.02 Å². The maximum Gasteiger partial charge on any atom is 0.0704 e. The van der Waals surface area contributed by atoms with E-state index in [2.05, 4.69) is 48.0 Å². The summed E-state index contributed by atoms with van der Waals surface area (Å²) >= 11 is 11.2. The number of halogens is 2. The number of hydrogen-bond donors (Lipinski definition) is 0. The summed E-state index contributed by atoms with van der Waals surface area (Å²) in [7, 11) is 0. The van der Waals surface area contributed by atoms with Crippen molar-refractivity contribution in [3.8, 4) is 0 Å². The summed E-state index contributed by atoms with van der Waals surface area (Å²) in [6.45, 7) is 4.39. The molecular weight excluding hydrogens is 304 g/mol. The number of benzene rings is 1. The molecule has 1 aromatic heterocycles. The van der Waals surface area contributed by atoms with Gasteiger partial charge in [-0.05, 0) is 52.2 Å². The molecule has 0 radical (unpaired) electrons. The monoisotopic (exact) mass is 314 g/mol. The summed E-state index contributed by atoms with van der Waals surface area (Å²) in [5.41, 5.74) is 2.69. The Morgan fingerprint density at radius 3 is 2.38 bits per heavy atom. The average molecular weight is 316 g/mol. The fourth-order valence-electron chi connectivity index (χ4n) is 1.82. The van der Waals surface area contributed by atoms with E-state index in [1.54, 1.807) is 11.3 Å². The van der Waals surface area contributed by atoms with Crippen LogP contribution in [0.5, 0.6) is 0 Å². The Morgan fingerprint density at radius 2 is 1.88 bits per heavy atom. The average Bonchev–Trinajstić information content (AvgIpc) is 2.58. The minimum atomic E-state index is 0.416. The molecular formula is C13H12BrClS. The highest BCUT2D eigenvalue weighted by Gasteiger charge is 2.13. The lowest BCUT2D eigenvalue weighted by Crippen LogP contribution is -1.95. The molecule has 1 unspecified atom stereocenters. The third-order valence-corrected chi connectivity index (χ3v) is 4.58. The molecule has 16 heavy (non-hydrogen) atoms. The van der Waals surface area contributed by atoms with Crippen LogP contribution in [0, 0.1) is 6.92 Å². The third-order valence-electron chi connectivity index (χ3n) is 2.76. The maximum absolute atomic E-state index is 5.89. The van der Waals surface area contributed by atoms with E-state index in [-0.39, 0.29) is 0 Å². The topological polar surface area (TPSA) is 0 Å². The predicted octanol–water partition coefficient (Wildman–Crippen LogP) is 5.62. The smallest absolute Gasteiger partial charge is 0.0704 e. The zero-order chi connectivity index (χ0) is 11.7. The van der Waals surface area contributed by atoms with Crippen molar-refractivity contribution in [3.05, 3.63) is 55.1 Å². The molecule has 0 aliphatic rings. The number of rotatable bonds is 2. The number of aryl methyl sites for hydroxylation is 1. The van der Waals surface area contributed by atoms with Crippen LogP contribution in [0.4, 0.5) is 0 Å².